The Morgan fingerprint density at radius 3 is 2.61 bits per heavy atom. The average Bonchev–Trinajstić information content (AvgIpc) is 3.01. The minimum atomic E-state index is -1.25. The molecule has 2 amide bonds. The van der Waals surface area contributed by atoms with Crippen LogP contribution in [0.3, 0.4) is 0 Å². The number of benzene rings is 1. The lowest BCUT2D eigenvalue weighted by Gasteiger charge is -2.28. The average molecular weight is 438 g/mol. The van der Waals surface area contributed by atoms with Gasteiger partial charge in [-0.2, -0.15) is 0 Å². The van der Waals surface area contributed by atoms with Crippen molar-refractivity contribution in [2.75, 3.05) is 24.5 Å². The molecular weight excluding hydrogens is 419 g/mol. The second-order valence-electron chi connectivity index (χ2n) is 6.68. The number of rotatable bonds is 5. The van der Waals surface area contributed by atoms with Crippen LogP contribution in [0.4, 0.5) is 19.3 Å². The molecular formula is C17H19Cl2F2N3O4. The lowest BCUT2D eigenvalue weighted by molar-refractivity contribution is -0.119. The van der Waals surface area contributed by atoms with Crippen molar-refractivity contribution in [1.82, 2.24) is 10.6 Å². The SMILES string of the molecule is O=C(NC[C@H]1CN(c2cc(F)c(C3CCC(O)NC3)c(F)c2)C(=O)O1)C(Cl)Cl. The van der Waals surface area contributed by atoms with E-state index in [9.17, 15) is 23.5 Å². The second kappa shape index (κ2) is 8.77. The van der Waals surface area contributed by atoms with Crippen LogP contribution in [0.2, 0.25) is 0 Å². The molecule has 7 nitrogen and oxygen atoms in total. The van der Waals surface area contributed by atoms with Gasteiger partial charge in [0.2, 0.25) is 0 Å². The highest BCUT2D eigenvalue weighted by Crippen LogP contribution is 2.33. The first kappa shape index (κ1) is 21.0. The Hall–Kier alpha value is -1.68. The number of carbonyl (C=O) groups excluding carboxylic acids is 2. The van der Waals surface area contributed by atoms with Gasteiger partial charge >= 0.3 is 6.09 Å². The van der Waals surface area contributed by atoms with Crippen LogP contribution in [0.25, 0.3) is 0 Å². The summed E-state index contributed by atoms with van der Waals surface area (Å²) >= 11 is 10.8. The standard InChI is InChI=1S/C17H19Cl2F2N3O4/c18-15(19)16(26)23-6-10-7-24(17(27)28-10)9-3-11(20)14(12(21)4-9)8-1-2-13(25)22-5-8/h3-4,8,10,13,15,22,25H,1-2,5-7H2,(H,23,26)/t8?,10-,13?/m0/s1. The quantitative estimate of drug-likeness (QED) is 0.612. The number of aliphatic hydroxyl groups is 1. The van der Waals surface area contributed by atoms with Crippen LogP contribution in [-0.2, 0) is 9.53 Å². The van der Waals surface area contributed by atoms with Crippen molar-refractivity contribution in [1.29, 1.82) is 0 Å². The molecule has 1 aromatic rings. The van der Waals surface area contributed by atoms with E-state index >= 15 is 0 Å². The van der Waals surface area contributed by atoms with E-state index in [1.165, 1.54) is 0 Å². The van der Waals surface area contributed by atoms with Crippen molar-refractivity contribution in [3.63, 3.8) is 0 Å². The summed E-state index contributed by atoms with van der Waals surface area (Å²) < 4.78 is 34.3. The van der Waals surface area contributed by atoms with Gasteiger partial charge in [0.05, 0.1) is 18.8 Å². The normalized spacial score (nSPS) is 25.1. The third-order valence-electron chi connectivity index (χ3n) is 4.75. The topological polar surface area (TPSA) is 90.9 Å². The van der Waals surface area contributed by atoms with Crippen molar-refractivity contribution in [2.24, 2.45) is 0 Å². The summed E-state index contributed by atoms with van der Waals surface area (Å²) in [4.78, 5) is 23.3. The van der Waals surface area contributed by atoms with Crippen LogP contribution in [0, 0.1) is 11.6 Å². The van der Waals surface area contributed by atoms with E-state index in [2.05, 4.69) is 10.6 Å². The largest absolute Gasteiger partial charge is 0.442 e. The Morgan fingerprint density at radius 1 is 1.36 bits per heavy atom. The molecule has 2 aliphatic heterocycles. The molecule has 3 N–H and O–H groups in total. The molecule has 0 radical (unpaired) electrons. The highest BCUT2D eigenvalue weighted by Gasteiger charge is 2.34. The van der Waals surface area contributed by atoms with E-state index in [-0.39, 0.29) is 30.9 Å². The smallest absolute Gasteiger partial charge is 0.414 e. The fraction of sp³-hybridized carbons (Fsp3) is 0.529. The Kier molecular flexibility index (Phi) is 6.59. The maximum Gasteiger partial charge on any atom is 0.414 e. The molecule has 11 heteroatoms. The molecule has 28 heavy (non-hydrogen) atoms. The number of anilines is 1. The molecule has 154 valence electrons. The minimum Gasteiger partial charge on any atom is -0.442 e. The van der Waals surface area contributed by atoms with E-state index in [0.717, 1.165) is 17.0 Å². The van der Waals surface area contributed by atoms with Gasteiger partial charge in [0.1, 0.15) is 24.0 Å². The molecule has 0 saturated carbocycles. The second-order valence-corrected chi connectivity index (χ2v) is 7.78. The minimum absolute atomic E-state index is 0.00372. The van der Waals surface area contributed by atoms with Gasteiger partial charge in [-0.1, -0.05) is 23.2 Å². The summed E-state index contributed by atoms with van der Waals surface area (Å²) in [6.07, 6.45) is -1.33. The molecule has 2 fully saturated rings. The van der Waals surface area contributed by atoms with Gasteiger partial charge in [-0.25, -0.2) is 13.6 Å². The van der Waals surface area contributed by atoms with E-state index in [1.807, 2.05) is 0 Å². The highest BCUT2D eigenvalue weighted by atomic mass is 35.5. The Balaban J connectivity index is 1.70. The fourth-order valence-corrected chi connectivity index (χ4v) is 3.49. The van der Waals surface area contributed by atoms with E-state index in [4.69, 9.17) is 27.9 Å². The first-order valence-electron chi connectivity index (χ1n) is 8.70. The van der Waals surface area contributed by atoms with E-state index < -0.39 is 46.7 Å². The molecule has 2 aliphatic rings. The van der Waals surface area contributed by atoms with Crippen LogP contribution in [-0.4, -0.2) is 53.9 Å². The summed E-state index contributed by atoms with van der Waals surface area (Å²) in [6.45, 7) is 0.226. The number of alkyl halides is 2. The van der Waals surface area contributed by atoms with Crippen molar-refractivity contribution in [3.8, 4) is 0 Å². The van der Waals surface area contributed by atoms with Gasteiger partial charge < -0.3 is 15.2 Å². The van der Waals surface area contributed by atoms with Crippen LogP contribution in [0.15, 0.2) is 12.1 Å². The zero-order chi connectivity index (χ0) is 20.4. The number of piperidine rings is 1. The molecule has 0 bridgehead atoms. The number of cyclic esters (lactones) is 1. The van der Waals surface area contributed by atoms with Gasteiger partial charge in [0.25, 0.3) is 5.91 Å². The van der Waals surface area contributed by atoms with Crippen LogP contribution < -0.4 is 15.5 Å². The Labute approximate surface area is 169 Å². The third kappa shape index (κ3) is 4.65. The number of nitrogens with one attached hydrogen (secondary N) is 2. The van der Waals surface area contributed by atoms with Gasteiger partial charge in [-0.05, 0) is 25.0 Å². The predicted octanol–water partition coefficient (Wildman–Crippen LogP) is 2.00. The monoisotopic (exact) mass is 437 g/mol. The van der Waals surface area contributed by atoms with Crippen LogP contribution >= 0.6 is 23.2 Å². The summed E-state index contributed by atoms with van der Waals surface area (Å²) in [5.74, 6) is -2.58. The number of carbonyl (C=O) groups is 2. The van der Waals surface area contributed by atoms with Crippen molar-refractivity contribution >= 4 is 40.9 Å². The number of halogens is 4. The van der Waals surface area contributed by atoms with Crippen LogP contribution in [0.1, 0.15) is 24.3 Å². The molecule has 2 saturated heterocycles. The molecule has 2 heterocycles. The molecule has 0 spiro atoms. The molecule has 3 atom stereocenters. The number of amides is 2. The summed E-state index contributed by atoms with van der Waals surface area (Å²) in [7, 11) is 0. The summed E-state index contributed by atoms with van der Waals surface area (Å²) in [6, 6.07) is 2.17. The van der Waals surface area contributed by atoms with Crippen molar-refractivity contribution < 1.29 is 28.2 Å². The lowest BCUT2D eigenvalue weighted by atomic mass is 9.90. The zero-order valence-electron chi connectivity index (χ0n) is 14.6. The van der Waals surface area contributed by atoms with Crippen molar-refractivity contribution in [3.05, 3.63) is 29.3 Å². The number of ether oxygens (including phenoxy) is 1. The molecule has 0 aromatic heterocycles. The zero-order valence-corrected chi connectivity index (χ0v) is 16.1. The number of aliphatic hydroxyl groups excluding tert-OH is 1. The van der Waals surface area contributed by atoms with Crippen molar-refractivity contribution in [2.45, 2.75) is 35.9 Å². The number of nitrogens with zero attached hydrogens (tertiary/aromatic N) is 1. The maximum atomic E-state index is 14.6. The summed E-state index contributed by atoms with van der Waals surface area (Å²) in [5.41, 5.74) is -0.0521. The van der Waals surface area contributed by atoms with E-state index in [1.54, 1.807) is 0 Å². The van der Waals surface area contributed by atoms with Gasteiger partial charge in [0.15, 0.2) is 4.84 Å². The molecule has 2 unspecified atom stereocenters. The third-order valence-corrected chi connectivity index (χ3v) is 5.14. The van der Waals surface area contributed by atoms with Crippen LogP contribution in [0.5, 0.6) is 0 Å². The van der Waals surface area contributed by atoms with Gasteiger partial charge in [-0.15, -0.1) is 0 Å². The number of hydrogen-bond acceptors (Lipinski definition) is 5. The maximum absolute atomic E-state index is 14.6. The first-order chi connectivity index (χ1) is 13.3. The molecule has 0 aliphatic carbocycles. The molecule has 3 rings (SSSR count). The van der Waals surface area contributed by atoms with Gasteiger partial charge in [0, 0.05) is 18.0 Å². The first-order valence-corrected chi connectivity index (χ1v) is 9.58. The van der Waals surface area contributed by atoms with Gasteiger partial charge in [-0.3, -0.25) is 15.0 Å². The number of hydrogen-bond donors (Lipinski definition) is 3. The fourth-order valence-electron chi connectivity index (χ4n) is 3.33. The highest BCUT2D eigenvalue weighted by molar-refractivity contribution is 6.53. The Bertz CT molecular complexity index is 737. The predicted molar refractivity (Wildman–Crippen MR) is 98.5 cm³/mol. The Morgan fingerprint density at radius 2 is 2.04 bits per heavy atom. The summed E-state index contributed by atoms with van der Waals surface area (Å²) in [5, 5.41) is 14.7. The van der Waals surface area contributed by atoms with E-state index in [0.29, 0.717) is 12.8 Å². The molecule has 1 aromatic carbocycles. The lowest BCUT2D eigenvalue weighted by Crippen LogP contribution is -2.38.